The molecule has 0 radical (unpaired) electrons. The summed E-state index contributed by atoms with van der Waals surface area (Å²) in [7, 11) is -0.656. The largest absolute Gasteiger partial charge is 0.348 e. The molecule has 11 heteroatoms. The van der Waals surface area contributed by atoms with Crippen LogP contribution in [0, 0.1) is 4.77 Å². The second kappa shape index (κ2) is 7.55. The van der Waals surface area contributed by atoms with E-state index in [-0.39, 0.29) is 18.0 Å². The van der Waals surface area contributed by atoms with E-state index in [1.165, 1.54) is 19.2 Å². The monoisotopic (exact) mass is 433 g/mol. The molecule has 2 aromatic rings. The summed E-state index contributed by atoms with van der Waals surface area (Å²) in [6.45, 7) is -0.151. The zero-order valence-electron chi connectivity index (χ0n) is 13.0. The smallest absolute Gasteiger partial charge is 0.243 e. The minimum absolute atomic E-state index is 0.121. The molecule has 0 bridgehead atoms. The molecule has 1 aromatic heterocycles. The summed E-state index contributed by atoms with van der Waals surface area (Å²) in [5.74, 6) is 0.110. The lowest BCUT2D eigenvalue weighted by Crippen LogP contribution is -2.38. The van der Waals surface area contributed by atoms with Crippen LogP contribution in [-0.2, 0) is 28.4 Å². The molecular weight excluding hydrogens is 418 g/mol. The maximum Gasteiger partial charge on any atom is 0.243 e. The Morgan fingerprint density at radius 1 is 1.42 bits per heavy atom. The number of H-pyrrole nitrogens is 1. The number of aromatic amines is 1. The Morgan fingerprint density at radius 3 is 2.58 bits per heavy atom. The summed E-state index contributed by atoms with van der Waals surface area (Å²) in [6, 6.07) is 6.21. The van der Waals surface area contributed by atoms with Crippen molar-refractivity contribution in [3.05, 3.63) is 39.3 Å². The molecule has 2 N–H and O–H groups in total. The quantitative estimate of drug-likeness (QED) is 0.666. The fraction of sp³-hybridized carbons (Fsp3) is 0.308. The molecule has 0 aliphatic heterocycles. The van der Waals surface area contributed by atoms with Gasteiger partial charge in [0.15, 0.2) is 10.6 Å². The average Bonchev–Trinajstić information content (AvgIpc) is 2.85. The first-order valence-corrected chi connectivity index (χ1v) is 9.45. The Bertz CT molecular complexity index is 889. The Balaban J connectivity index is 1.99. The molecule has 1 aromatic carbocycles. The van der Waals surface area contributed by atoms with E-state index < -0.39 is 15.9 Å². The van der Waals surface area contributed by atoms with Gasteiger partial charge in [0, 0.05) is 18.6 Å². The van der Waals surface area contributed by atoms with Crippen LogP contribution in [0.1, 0.15) is 5.82 Å². The Labute approximate surface area is 153 Å². The predicted octanol–water partition coefficient (Wildman–Crippen LogP) is 1.18. The topological polar surface area (TPSA) is 100 Å². The van der Waals surface area contributed by atoms with Crippen molar-refractivity contribution in [2.75, 3.05) is 13.6 Å². The number of carbonyl (C=O) groups is 1. The number of amides is 1. The van der Waals surface area contributed by atoms with Crippen molar-refractivity contribution >= 4 is 44.1 Å². The van der Waals surface area contributed by atoms with Crippen LogP contribution in [0.15, 0.2) is 33.6 Å². The number of aromatic nitrogens is 3. The van der Waals surface area contributed by atoms with Gasteiger partial charge in [-0.05, 0) is 36.5 Å². The van der Waals surface area contributed by atoms with E-state index >= 15 is 0 Å². The lowest BCUT2D eigenvalue weighted by molar-refractivity contribution is -0.121. The number of carbonyl (C=O) groups excluding carboxylic acids is 1. The standard InChI is InChI=1S/C13H16BrN5O3S2/c1-18(24(21,22)10-5-3-9(14)4-6-10)8-12(20)15-7-11-16-17-13(23)19(11)2/h3-6H,7-8H2,1-2H3,(H,15,20)(H,17,23). The van der Waals surface area contributed by atoms with Crippen molar-refractivity contribution < 1.29 is 13.2 Å². The first kappa shape index (κ1) is 18.8. The molecule has 8 nitrogen and oxygen atoms in total. The zero-order valence-corrected chi connectivity index (χ0v) is 16.2. The van der Waals surface area contributed by atoms with E-state index in [1.54, 1.807) is 23.7 Å². The molecule has 24 heavy (non-hydrogen) atoms. The van der Waals surface area contributed by atoms with E-state index in [9.17, 15) is 13.2 Å². The summed E-state index contributed by atoms with van der Waals surface area (Å²) in [5, 5.41) is 9.19. The summed E-state index contributed by atoms with van der Waals surface area (Å²) in [6.07, 6.45) is 0. The molecular formula is C13H16BrN5O3S2. The number of benzene rings is 1. The van der Waals surface area contributed by atoms with Crippen LogP contribution in [0.4, 0.5) is 0 Å². The van der Waals surface area contributed by atoms with Gasteiger partial charge >= 0.3 is 0 Å². The Kier molecular flexibility index (Phi) is 5.91. The van der Waals surface area contributed by atoms with Gasteiger partial charge in [0.05, 0.1) is 18.0 Å². The Morgan fingerprint density at radius 2 is 2.04 bits per heavy atom. The molecule has 0 saturated heterocycles. The van der Waals surface area contributed by atoms with Crippen LogP contribution < -0.4 is 5.32 Å². The maximum atomic E-state index is 12.4. The summed E-state index contributed by atoms with van der Waals surface area (Å²) < 4.78 is 28.6. The fourth-order valence-electron chi connectivity index (χ4n) is 1.84. The highest BCUT2D eigenvalue weighted by molar-refractivity contribution is 9.10. The second-order valence-electron chi connectivity index (χ2n) is 5.00. The molecule has 130 valence electrons. The number of nitrogens with zero attached hydrogens (tertiary/aromatic N) is 3. The first-order valence-electron chi connectivity index (χ1n) is 6.80. The molecule has 2 rings (SSSR count). The van der Waals surface area contributed by atoms with Crippen LogP contribution in [0.3, 0.4) is 0 Å². The Hall–Kier alpha value is -1.56. The zero-order chi connectivity index (χ0) is 17.9. The van der Waals surface area contributed by atoms with Gasteiger partial charge in [-0.1, -0.05) is 15.9 Å². The molecule has 0 aliphatic carbocycles. The van der Waals surface area contributed by atoms with Gasteiger partial charge in [-0.2, -0.15) is 9.40 Å². The number of rotatable bonds is 6. The highest BCUT2D eigenvalue weighted by Crippen LogP contribution is 2.17. The van der Waals surface area contributed by atoms with Crippen LogP contribution >= 0.6 is 28.1 Å². The van der Waals surface area contributed by atoms with Gasteiger partial charge in [-0.3, -0.25) is 9.89 Å². The molecule has 0 unspecified atom stereocenters. The van der Waals surface area contributed by atoms with E-state index in [4.69, 9.17) is 12.2 Å². The number of likely N-dealkylation sites (N-methyl/N-ethyl adjacent to an activating group) is 1. The summed E-state index contributed by atoms with van der Waals surface area (Å²) in [4.78, 5) is 12.1. The van der Waals surface area contributed by atoms with Gasteiger partial charge in [0.2, 0.25) is 15.9 Å². The number of sulfonamides is 1. The molecule has 0 aliphatic rings. The van der Waals surface area contributed by atoms with Crippen molar-refractivity contribution in [1.29, 1.82) is 0 Å². The van der Waals surface area contributed by atoms with Crippen molar-refractivity contribution in [2.45, 2.75) is 11.4 Å². The highest BCUT2D eigenvalue weighted by atomic mass is 79.9. The highest BCUT2D eigenvalue weighted by Gasteiger charge is 2.22. The number of nitrogens with one attached hydrogen (secondary N) is 2. The molecule has 1 heterocycles. The van der Waals surface area contributed by atoms with Crippen molar-refractivity contribution in [3.63, 3.8) is 0 Å². The number of hydrogen-bond donors (Lipinski definition) is 2. The lowest BCUT2D eigenvalue weighted by atomic mass is 10.4. The molecule has 1 amide bonds. The molecule has 0 atom stereocenters. The number of halogens is 1. The third-order valence-electron chi connectivity index (χ3n) is 3.30. The minimum atomic E-state index is -3.73. The predicted molar refractivity (Wildman–Crippen MR) is 94.2 cm³/mol. The maximum absolute atomic E-state index is 12.4. The van der Waals surface area contributed by atoms with Crippen LogP contribution in [0.5, 0.6) is 0 Å². The minimum Gasteiger partial charge on any atom is -0.348 e. The van der Waals surface area contributed by atoms with Crippen molar-refractivity contribution in [1.82, 2.24) is 24.4 Å². The van der Waals surface area contributed by atoms with Crippen molar-refractivity contribution in [3.8, 4) is 0 Å². The van der Waals surface area contributed by atoms with Gasteiger partial charge in [-0.25, -0.2) is 8.42 Å². The van der Waals surface area contributed by atoms with E-state index in [2.05, 4.69) is 31.4 Å². The van der Waals surface area contributed by atoms with Crippen LogP contribution in [-0.4, -0.2) is 47.0 Å². The lowest BCUT2D eigenvalue weighted by Gasteiger charge is -2.16. The van der Waals surface area contributed by atoms with Gasteiger partial charge in [0.1, 0.15) is 0 Å². The molecule has 0 saturated carbocycles. The van der Waals surface area contributed by atoms with E-state index in [1.807, 2.05) is 0 Å². The first-order chi connectivity index (χ1) is 11.2. The van der Waals surface area contributed by atoms with Crippen LogP contribution in [0.25, 0.3) is 0 Å². The molecule has 0 fully saturated rings. The average molecular weight is 434 g/mol. The summed E-state index contributed by atoms with van der Waals surface area (Å²) in [5.41, 5.74) is 0. The molecule has 0 spiro atoms. The van der Waals surface area contributed by atoms with Gasteiger partial charge in [0.25, 0.3) is 0 Å². The van der Waals surface area contributed by atoms with E-state index in [0.29, 0.717) is 10.6 Å². The van der Waals surface area contributed by atoms with Crippen LogP contribution in [0.2, 0.25) is 0 Å². The van der Waals surface area contributed by atoms with Crippen molar-refractivity contribution in [2.24, 2.45) is 7.05 Å². The SMILES string of the molecule is CN(CC(=O)NCc1n[nH]c(=S)n1C)S(=O)(=O)c1ccc(Br)cc1. The third-order valence-corrected chi connectivity index (χ3v) is 6.02. The fourth-order valence-corrected chi connectivity index (χ4v) is 3.39. The third kappa shape index (κ3) is 4.29. The number of hydrogen-bond acceptors (Lipinski definition) is 5. The second-order valence-corrected chi connectivity index (χ2v) is 8.34. The normalized spacial score (nSPS) is 11.7. The van der Waals surface area contributed by atoms with Gasteiger partial charge < -0.3 is 9.88 Å². The van der Waals surface area contributed by atoms with Gasteiger partial charge in [-0.15, -0.1) is 0 Å². The van der Waals surface area contributed by atoms with E-state index in [0.717, 1.165) is 8.78 Å². The summed E-state index contributed by atoms with van der Waals surface area (Å²) >= 11 is 8.23.